The molecule has 18 heavy (non-hydrogen) atoms. The normalized spacial score (nSPS) is 13.8. The van der Waals surface area contributed by atoms with Crippen LogP contribution in [0, 0.1) is 0 Å². The first-order valence-corrected chi connectivity index (χ1v) is 6.26. The van der Waals surface area contributed by atoms with Crippen LogP contribution in [0.5, 0.6) is 5.75 Å². The van der Waals surface area contributed by atoms with Crippen LogP contribution in [0.1, 0.15) is 32.4 Å². The summed E-state index contributed by atoms with van der Waals surface area (Å²) in [6, 6.07) is 7.76. The molecule has 2 unspecified atom stereocenters. The van der Waals surface area contributed by atoms with E-state index in [2.05, 4.69) is 10.6 Å². The van der Waals surface area contributed by atoms with Crippen molar-refractivity contribution in [3.8, 4) is 5.75 Å². The summed E-state index contributed by atoms with van der Waals surface area (Å²) in [5.74, 6) is 0.862. The van der Waals surface area contributed by atoms with Gasteiger partial charge in [0.15, 0.2) is 0 Å². The lowest BCUT2D eigenvalue weighted by Gasteiger charge is -2.19. The quantitative estimate of drug-likeness (QED) is 0.810. The van der Waals surface area contributed by atoms with E-state index in [-0.39, 0.29) is 18.0 Å². The van der Waals surface area contributed by atoms with Gasteiger partial charge in [-0.05, 0) is 38.5 Å². The number of ether oxygens (including phenoxy) is 1. The van der Waals surface area contributed by atoms with Crippen molar-refractivity contribution in [3.63, 3.8) is 0 Å². The maximum Gasteiger partial charge on any atom is 0.236 e. The highest BCUT2D eigenvalue weighted by Gasteiger charge is 2.15. The van der Waals surface area contributed by atoms with E-state index in [0.29, 0.717) is 6.54 Å². The lowest BCUT2D eigenvalue weighted by molar-refractivity contribution is -0.122. The van der Waals surface area contributed by atoms with Crippen molar-refractivity contribution in [3.05, 3.63) is 29.8 Å². The molecule has 0 aromatic heterocycles. The number of nitrogens with one attached hydrogen (secondary N) is 2. The van der Waals surface area contributed by atoms with Crippen LogP contribution < -0.4 is 15.4 Å². The van der Waals surface area contributed by atoms with Crippen molar-refractivity contribution < 1.29 is 9.53 Å². The van der Waals surface area contributed by atoms with Gasteiger partial charge in [-0.15, -0.1) is 0 Å². The van der Waals surface area contributed by atoms with Gasteiger partial charge in [0.1, 0.15) is 5.75 Å². The van der Waals surface area contributed by atoms with E-state index in [1.165, 1.54) is 0 Å². The number of carbonyl (C=O) groups excluding carboxylic acids is 1. The number of carbonyl (C=O) groups is 1. The van der Waals surface area contributed by atoms with Gasteiger partial charge in [-0.25, -0.2) is 0 Å². The molecule has 0 aliphatic rings. The Balaban J connectivity index is 2.58. The van der Waals surface area contributed by atoms with Gasteiger partial charge >= 0.3 is 0 Å². The molecule has 1 rings (SSSR count). The van der Waals surface area contributed by atoms with Crippen LogP contribution in [0.4, 0.5) is 0 Å². The Morgan fingerprint density at radius 2 is 1.89 bits per heavy atom. The van der Waals surface area contributed by atoms with Gasteiger partial charge in [0.05, 0.1) is 13.2 Å². The van der Waals surface area contributed by atoms with Gasteiger partial charge < -0.3 is 10.1 Å². The second-order valence-corrected chi connectivity index (χ2v) is 4.28. The fourth-order valence-corrected chi connectivity index (χ4v) is 1.77. The first-order chi connectivity index (χ1) is 8.58. The predicted molar refractivity (Wildman–Crippen MR) is 72.7 cm³/mol. The zero-order chi connectivity index (χ0) is 13.5. The Hall–Kier alpha value is -1.55. The van der Waals surface area contributed by atoms with Crippen LogP contribution in [-0.2, 0) is 4.79 Å². The topological polar surface area (TPSA) is 50.4 Å². The zero-order valence-electron chi connectivity index (χ0n) is 11.5. The molecular weight excluding hydrogens is 228 g/mol. The third-order valence-corrected chi connectivity index (χ3v) is 2.86. The summed E-state index contributed by atoms with van der Waals surface area (Å²) < 4.78 is 5.12. The Kier molecular flexibility index (Phi) is 5.65. The van der Waals surface area contributed by atoms with Crippen molar-refractivity contribution in [2.24, 2.45) is 0 Å². The molecule has 4 heteroatoms. The molecule has 0 aliphatic heterocycles. The minimum Gasteiger partial charge on any atom is -0.497 e. The summed E-state index contributed by atoms with van der Waals surface area (Å²) in [7, 11) is 1.65. The SMILES string of the molecule is CCNC(=O)C(C)NC(C)c1ccc(OC)cc1. The summed E-state index contributed by atoms with van der Waals surface area (Å²) in [6.45, 7) is 6.47. The molecule has 1 aromatic carbocycles. The largest absolute Gasteiger partial charge is 0.497 e. The van der Waals surface area contributed by atoms with Gasteiger partial charge in [-0.1, -0.05) is 12.1 Å². The molecule has 0 spiro atoms. The molecule has 0 saturated heterocycles. The first-order valence-electron chi connectivity index (χ1n) is 6.26. The van der Waals surface area contributed by atoms with E-state index in [1.54, 1.807) is 7.11 Å². The molecule has 0 radical (unpaired) electrons. The molecule has 1 aromatic rings. The number of hydrogen-bond acceptors (Lipinski definition) is 3. The smallest absolute Gasteiger partial charge is 0.236 e. The minimum absolute atomic E-state index is 0.0258. The van der Waals surface area contributed by atoms with E-state index in [4.69, 9.17) is 4.74 Å². The lowest BCUT2D eigenvalue weighted by atomic mass is 10.1. The van der Waals surface area contributed by atoms with Gasteiger partial charge in [0, 0.05) is 12.6 Å². The van der Waals surface area contributed by atoms with Crippen molar-refractivity contribution in [2.75, 3.05) is 13.7 Å². The summed E-state index contributed by atoms with van der Waals surface area (Å²) in [5, 5.41) is 6.06. The number of benzene rings is 1. The van der Waals surface area contributed by atoms with Crippen molar-refractivity contribution in [1.82, 2.24) is 10.6 Å². The average Bonchev–Trinajstić information content (AvgIpc) is 2.39. The highest BCUT2D eigenvalue weighted by molar-refractivity contribution is 5.81. The lowest BCUT2D eigenvalue weighted by Crippen LogP contribution is -2.42. The zero-order valence-corrected chi connectivity index (χ0v) is 11.5. The number of likely N-dealkylation sites (N-methyl/N-ethyl adjacent to an activating group) is 1. The van der Waals surface area contributed by atoms with Crippen LogP contribution >= 0.6 is 0 Å². The minimum atomic E-state index is -0.206. The van der Waals surface area contributed by atoms with Gasteiger partial charge in [-0.2, -0.15) is 0 Å². The van der Waals surface area contributed by atoms with Crippen molar-refractivity contribution >= 4 is 5.91 Å². The molecule has 2 atom stereocenters. The molecule has 0 aliphatic carbocycles. The molecule has 0 saturated carbocycles. The molecular formula is C14H22N2O2. The second kappa shape index (κ2) is 7.01. The molecule has 0 fully saturated rings. The fraction of sp³-hybridized carbons (Fsp3) is 0.500. The first kappa shape index (κ1) is 14.5. The molecule has 100 valence electrons. The van der Waals surface area contributed by atoms with Crippen molar-refractivity contribution in [1.29, 1.82) is 0 Å². The summed E-state index contributed by atoms with van der Waals surface area (Å²) in [5.41, 5.74) is 1.13. The molecule has 4 nitrogen and oxygen atoms in total. The van der Waals surface area contributed by atoms with E-state index >= 15 is 0 Å². The highest BCUT2D eigenvalue weighted by Crippen LogP contribution is 2.17. The number of hydrogen-bond donors (Lipinski definition) is 2. The highest BCUT2D eigenvalue weighted by atomic mass is 16.5. The van der Waals surface area contributed by atoms with Crippen LogP contribution in [0.15, 0.2) is 24.3 Å². The maximum absolute atomic E-state index is 11.6. The Morgan fingerprint density at radius 1 is 1.28 bits per heavy atom. The second-order valence-electron chi connectivity index (χ2n) is 4.28. The van der Waals surface area contributed by atoms with Crippen LogP contribution in [0.3, 0.4) is 0 Å². The van der Waals surface area contributed by atoms with Gasteiger partial charge in [-0.3, -0.25) is 10.1 Å². The summed E-state index contributed by atoms with van der Waals surface area (Å²) in [4.78, 5) is 11.6. The predicted octanol–water partition coefficient (Wildman–Crippen LogP) is 1.87. The van der Waals surface area contributed by atoms with Crippen LogP contribution in [-0.4, -0.2) is 25.6 Å². The Bertz CT molecular complexity index is 376. The number of rotatable bonds is 6. The van der Waals surface area contributed by atoms with E-state index < -0.39 is 0 Å². The standard InChI is InChI=1S/C14H22N2O2/c1-5-15-14(17)11(3)16-10(2)12-6-8-13(18-4)9-7-12/h6-11,16H,5H2,1-4H3,(H,15,17). The fourth-order valence-electron chi connectivity index (χ4n) is 1.77. The molecule has 0 heterocycles. The number of methoxy groups -OCH3 is 1. The third-order valence-electron chi connectivity index (χ3n) is 2.86. The van der Waals surface area contributed by atoms with Crippen LogP contribution in [0.2, 0.25) is 0 Å². The molecule has 0 bridgehead atoms. The van der Waals surface area contributed by atoms with E-state index in [1.807, 2.05) is 45.0 Å². The molecule has 2 N–H and O–H groups in total. The van der Waals surface area contributed by atoms with Gasteiger partial charge in [0.25, 0.3) is 0 Å². The van der Waals surface area contributed by atoms with Crippen LogP contribution in [0.25, 0.3) is 0 Å². The third kappa shape index (κ3) is 4.04. The monoisotopic (exact) mass is 250 g/mol. The average molecular weight is 250 g/mol. The molecule has 1 amide bonds. The van der Waals surface area contributed by atoms with Gasteiger partial charge in [0.2, 0.25) is 5.91 Å². The maximum atomic E-state index is 11.6. The summed E-state index contributed by atoms with van der Waals surface area (Å²) >= 11 is 0. The van der Waals surface area contributed by atoms with E-state index in [0.717, 1.165) is 11.3 Å². The Labute approximate surface area is 109 Å². The Morgan fingerprint density at radius 3 is 2.39 bits per heavy atom. The van der Waals surface area contributed by atoms with E-state index in [9.17, 15) is 4.79 Å². The number of amides is 1. The summed E-state index contributed by atoms with van der Waals surface area (Å²) in [6.07, 6.45) is 0. The van der Waals surface area contributed by atoms with Crippen molar-refractivity contribution in [2.45, 2.75) is 32.9 Å².